The number of hydrogen-bond donors (Lipinski definition) is 1. The Hall–Kier alpha value is -0.570. The van der Waals surface area contributed by atoms with E-state index in [2.05, 4.69) is 13.8 Å². The van der Waals surface area contributed by atoms with Gasteiger partial charge < -0.3 is 10.6 Å². The number of nitrogens with two attached hydrogens (primary N) is 1. The van der Waals surface area contributed by atoms with Gasteiger partial charge in [-0.15, -0.1) is 0 Å². The highest BCUT2D eigenvalue weighted by atomic mass is 16.2. The molecule has 2 saturated carbocycles. The summed E-state index contributed by atoms with van der Waals surface area (Å²) in [5, 5.41) is 0. The van der Waals surface area contributed by atoms with E-state index in [0.717, 1.165) is 18.9 Å². The van der Waals surface area contributed by atoms with Crippen LogP contribution < -0.4 is 5.73 Å². The molecule has 0 saturated heterocycles. The summed E-state index contributed by atoms with van der Waals surface area (Å²) in [5.74, 6) is 2.19. The van der Waals surface area contributed by atoms with Crippen LogP contribution in [0, 0.1) is 23.2 Å². The van der Waals surface area contributed by atoms with Gasteiger partial charge in [-0.2, -0.15) is 0 Å². The average Bonchev–Trinajstić information content (AvgIpc) is 2.89. The van der Waals surface area contributed by atoms with Gasteiger partial charge in [0.1, 0.15) is 0 Å². The minimum Gasteiger partial charge on any atom is -0.345 e. The summed E-state index contributed by atoms with van der Waals surface area (Å²) in [5.41, 5.74) is 5.76. The summed E-state index contributed by atoms with van der Waals surface area (Å²) in [6.07, 6.45) is 5.06. The van der Waals surface area contributed by atoms with Crippen molar-refractivity contribution in [1.29, 1.82) is 0 Å². The number of carbonyl (C=O) groups excluding carboxylic acids is 1. The Morgan fingerprint density at radius 3 is 2.53 bits per heavy atom. The number of fused-ring (bicyclic) bond motifs is 2. The lowest BCUT2D eigenvalue weighted by molar-refractivity contribution is -0.137. The van der Waals surface area contributed by atoms with Crippen molar-refractivity contribution in [3.63, 3.8) is 0 Å². The van der Waals surface area contributed by atoms with Gasteiger partial charge in [0.25, 0.3) is 0 Å². The molecule has 3 unspecified atom stereocenters. The van der Waals surface area contributed by atoms with E-state index in [4.69, 9.17) is 5.73 Å². The molecule has 3 heteroatoms. The fourth-order valence-electron chi connectivity index (χ4n) is 3.61. The van der Waals surface area contributed by atoms with E-state index in [1.54, 1.807) is 0 Å². The number of rotatable bonds is 4. The van der Waals surface area contributed by atoms with Crippen molar-refractivity contribution in [1.82, 2.24) is 4.90 Å². The highest BCUT2D eigenvalue weighted by Gasteiger charge is 2.44. The van der Waals surface area contributed by atoms with E-state index in [1.165, 1.54) is 19.3 Å². The van der Waals surface area contributed by atoms with E-state index in [1.807, 2.05) is 11.9 Å². The first-order chi connectivity index (χ1) is 7.93. The fourth-order valence-corrected chi connectivity index (χ4v) is 3.61. The minimum absolute atomic E-state index is 0.0298. The van der Waals surface area contributed by atoms with Crippen molar-refractivity contribution in [3.8, 4) is 0 Å². The van der Waals surface area contributed by atoms with Gasteiger partial charge in [-0.05, 0) is 43.1 Å². The molecule has 2 rings (SSSR count). The SMILES string of the molecule is CN(CC(C)(C)CN)C(=O)C1CC2CCC1C2. The van der Waals surface area contributed by atoms with Crippen LogP contribution in [-0.2, 0) is 4.79 Å². The van der Waals surface area contributed by atoms with Crippen LogP contribution in [0.4, 0.5) is 0 Å². The second-order valence-electron chi connectivity index (χ2n) is 6.84. The first-order valence-electron chi connectivity index (χ1n) is 6.88. The number of amides is 1. The van der Waals surface area contributed by atoms with Crippen LogP contribution in [0.15, 0.2) is 0 Å². The Bertz CT molecular complexity index is 301. The third-order valence-electron chi connectivity index (χ3n) is 4.65. The fraction of sp³-hybridized carbons (Fsp3) is 0.929. The topological polar surface area (TPSA) is 46.3 Å². The second kappa shape index (κ2) is 4.60. The summed E-state index contributed by atoms with van der Waals surface area (Å²) in [6.45, 7) is 5.65. The Morgan fingerprint density at radius 1 is 1.35 bits per heavy atom. The lowest BCUT2D eigenvalue weighted by atomic mass is 9.86. The van der Waals surface area contributed by atoms with Crippen molar-refractivity contribution < 1.29 is 4.79 Å². The van der Waals surface area contributed by atoms with Gasteiger partial charge in [0.05, 0.1) is 0 Å². The van der Waals surface area contributed by atoms with E-state index >= 15 is 0 Å². The zero-order chi connectivity index (χ0) is 12.6. The molecule has 0 aromatic heterocycles. The van der Waals surface area contributed by atoms with Gasteiger partial charge in [-0.3, -0.25) is 4.79 Å². The largest absolute Gasteiger partial charge is 0.345 e. The standard InChI is InChI=1S/C14H26N2O/c1-14(2,8-15)9-16(3)13(17)12-7-10-4-5-11(12)6-10/h10-12H,4-9,15H2,1-3H3. The Kier molecular flexibility index (Phi) is 3.48. The van der Waals surface area contributed by atoms with Crippen LogP contribution in [-0.4, -0.2) is 30.9 Å². The maximum absolute atomic E-state index is 12.4. The van der Waals surface area contributed by atoms with Gasteiger partial charge in [0, 0.05) is 19.5 Å². The third kappa shape index (κ3) is 2.65. The Balaban J connectivity index is 1.92. The molecule has 0 aromatic rings. The van der Waals surface area contributed by atoms with Crippen molar-refractivity contribution in [2.45, 2.75) is 39.5 Å². The lowest BCUT2D eigenvalue weighted by Crippen LogP contribution is -2.43. The molecule has 2 N–H and O–H groups in total. The highest BCUT2D eigenvalue weighted by Crippen LogP contribution is 2.48. The predicted octanol–water partition coefficient (Wildman–Crippen LogP) is 1.87. The van der Waals surface area contributed by atoms with E-state index in [0.29, 0.717) is 24.3 Å². The van der Waals surface area contributed by atoms with Crippen LogP contribution in [0.25, 0.3) is 0 Å². The maximum atomic E-state index is 12.4. The third-order valence-corrected chi connectivity index (χ3v) is 4.65. The molecule has 2 bridgehead atoms. The van der Waals surface area contributed by atoms with E-state index in [-0.39, 0.29) is 5.41 Å². The van der Waals surface area contributed by atoms with Gasteiger partial charge in [-0.25, -0.2) is 0 Å². The second-order valence-corrected chi connectivity index (χ2v) is 6.84. The van der Waals surface area contributed by atoms with Crippen LogP contribution in [0.5, 0.6) is 0 Å². The first-order valence-corrected chi connectivity index (χ1v) is 6.88. The Labute approximate surface area is 105 Å². The van der Waals surface area contributed by atoms with Crippen LogP contribution >= 0.6 is 0 Å². The molecule has 3 nitrogen and oxygen atoms in total. The van der Waals surface area contributed by atoms with Gasteiger partial charge in [0.2, 0.25) is 5.91 Å². The van der Waals surface area contributed by atoms with Crippen molar-refractivity contribution in [2.24, 2.45) is 28.9 Å². The van der Waals surface area contributed by atoms with Crippen molar-refractivity contribution in [2.75, 3.05) is 20.1 Å². The van der Waals surface area contributed by atoms with Crippen LogP contribution in [0.3, 0.4) is 0 Å². The average molecular weight is 238 g/mol. The lowest BCUT2D eigenvalue weighted by Gasteiger charge is -2.32. The molecule has 17 heavy (non-hydrogen) atoms. The van der Waals surface area contributed by atoms with Crippen molar-refractivity contribution >= 4 is 5.91 Å². The maximum Gasteiger partial charge on any atom is 0.225 e. The molecule has 2 fully saturated rings. The zero-order valence-electron chi connectivity index (χ0n) is 11.4. The normalized spacial score (nSPS) is 31.9. The summed E-state index contributed by atoms with van der Waals surface area (Å²) >= 11 is 0. The molecule has 0 aromatic carbocycles. The highest BCUT2D eigenvalue weighted by molar-refractivity contribution is 5.79. The van der Waals surface area contributed by atoms with E-state index < -0.39 is 0 Å². The quantitative estimate of drug-likeness (QED) is 0.812. The number of nitrogens with zero attached hydrogens (tertiary/aromatic N) is 1. The molecule has 0 radical (unpaired) electrons. The minimum atomic E-state index is 0.0298. The summed E-state index contributed by atoms with van der Waals surface area (Å²) in [7, 11) is 1.94. The molecule has 3 atom stereocenters. The Morgan fingerprint density at radius 2 is 2.06 bits per heavy atom. The monoisotopic (exact) mass is 238 g/mol. The number of carbonyl (C=O) groups is 1. The smallest absolute Gasteiger partial charge is 0.225 e. The molecular formula is C14H26N2O. The molecular weight excluding hydrogens is 212 g/mol. The predicted molar refractivity (Wildman–Crippen MR) is 69.4 cm³/mol. The van der Waals surface area contributed by atoms with E-state index in [9.17, 15) is 4.79 Å². The number of hydrogen-bond acceptors (Lipinski definition) is 2. The summed E-state index contributed by atoms with van der Waals surface area (Å²) in [6, 6.07) is 0. The molecule has 0 heterocycles. The van der Waals surface area contributed by atoms with Gasteiger partial charge in [-0.1, -0.05) is 20.3 Å². The molecule has 2 aliphatic carbocycles. The molecule has 0 spiro atoms. The summed E-state index contributed by atoms with van der Waals surface area (Å²) in [4.78, 5) is 14.3. The molecule has 2 aliphatic rings. The summed E-state index contributed by atoms with van der Waals surface area (Å²) < 4.78 is 0. The first kappa shape index (κ1) is 12.9. The van der Waals surface area contributed by atoms with Crippen LogP contribution in [0.1, 0.15) is 39.5 Å². The van der Waals surface area contributed by atoms with Crippen LogP contribution in [0.2, 0.25) is 0 Å². The van der Waals surface area contributed by atoms with Gasteiger partial charge >= 0.3 is 0 Å². The zero-order valence-corrected chi connectivity index (χ0v) is 11.4. The van der Waals surface area contributed by atoms with Gasteiger partial charge in [0.15, 0.2) is 0 Å². The van der Waals surface area contributed by atoms with Crippen molar-refractivity contribution in [3.05, 3.63) is 0 Å². The molecule has 0 aliphatic heterocycles. The molecule has 98 valence electrons. The molecule has 1 amide bonds.